The molecule has 0 aromatic carbocycles. The van der Waals surface area contributed by atoms with Crippen molar-refractivity contribution in [1.29, 1.82) is 0 Å². The van der Waals surface area contributed by atoms with Crippen LogP contribution in [0.1, 0.15) is 19.4 Å². The number of nitrogens with zero attached hydrogens (tertiary/aromatic N) is 2. The summed E-state index contributed by atoms with van der Waals surface area (Å²) in [5.41, 5.74) is 0. The average Bonchev–Trinajstić information content (AvgIpc) is 2.68. The second-order valence-electron chi connectivity index (χ2n) is 3.10. The molecule has 1 aromatic heterocycles. The standard InChI is InChI=1S/C9H13N3O3/c1-7(12-6-2-4-11-12)9(15)10-5-3-8(13)14/h2,4,6-7H,3,5H2,1H3,(H,10,15)(H,13,14). The fourth-order valence-electron chi connectivity index (χ4n) is 1.07. The van der Waals surface area contributed by atoms with Crippen LogP contribution in [0.25, 0.3) is 0 Å². The lowest BCUT2D eigenvalue weighted by molar-refractivity contribution is -0.137. The molecular formula is C9H13N3O3. The predicted molar refractivity (Wildman–Crippen MR) is 52.2 cm³/mol. The van der Waals surface area contributed by atoms with Crippen molar-refractivity contribution in [2.75, 3.05) is 6.54 Å². The van der Waals surface area contributed by atoms with Crippen molar-refractivity contribution in [3.05, 3.63) is 18.5 Å². The van der Waals surface area contributed by atoms with Gasteiger partial charge in [0.05, 0.1) is 6.42 Å². The Hall–Kier alpha value is -1.85. The van der Waals surface area contributed by atoms with Crippen molar-refractivity contribution in [2.24, 2.45) is 0 Å². The number of carbonyl (C=O) groups excluding carboxylic acids is 1. The van der Waals surface area contributed by atoms with Crippen molar-refractivity contribution in [3.8, 4) is 0 Å². The largest absolute Gasteiger partial charge is 0.481 e. The van der Waals surface area contributed by atoms with Gasteiger partial charge < -0.3 is 10.4 Å². The first-order chi connectivity index (χ1) is 7.11. The van der Waals surface area contributed by atoms with Gasteiger partial charge in [-0.2, -0.15) is 5.10 Å². The van der Waals surface area contributed by atoms with Crippen LogP contribution in [0.4, 0.5) is 0 Å². The third kappa shape index (κ3) is 3.41. The molecule has 0 aliphatic carbocycles. The monoisotopic (exact) mass is 211 g/mol. The summed E-state index contributed by atoms with van der Waals surface area (Å²) in [5.74, 6) is -1.16. The van der Waals surface area contributed by atoms with Crippen LogP contribution in [0, 0.1) is 0 Å². The maximum Gasteiger partial charge on any atom is 0.305 e. The van der Waals surface area contributed by atoms with Gasteiger partial charge in [0.15, 0.2) is 0 Å². The third-order valence-corrected chi connectivity index (χ3v) is 1.94. The quantitative estimate of drug-likeness (QED) is 0.720. The van der Waals surface area contributed by atoms with Gasteiger partial charge >= 0.3 is 5.97 Å². The number of carboxylic acid groups (broad SMARTS) is 1. The maximum atomic E-state index is 11.5. The molecule has 0 saturated heterocycles. The fraction of sp³-hybridized carbons (Fsp3) is 0.444. The molecule has 6 heteroatoms. The molecule has 6 nitrogen and oxygen atoms in total. The number of carbonyl (C=O) groups is 2. The van der Waals surface area contributed by atoms with Gasteiger partial charge in [-0.15, -0.1) is 0 Å². The van der Waals surface area contributed by atoms with E-state index in [1.165, 1.54) is 4.68 Å². The van der Waals surface area contributed by atoms with Crippen molar-refractivity contribution >= 4 is 11.9 Å². The highest BCUT2D eigenvalue weighted by Gasteiger charge is 2.14. The van der Waals surface area contributed by atoms with Crippen LogP contribution in [-0.2, 0) is 9.59 Å². The molecule has 2 N–H and O–H groups in total. The van der Waals surface area contributed by atoms with E-state index >= 15 is 0 Å². The molecule has 1 atom stereocenters. The number of nitrogens with one attached hydrogen (secondary N) is 1. The Morgan fingerprint density at radius 1 is 1.60 bits per heavy atom. The molecule has 1 unspecified atom stereocenters. The van der Waals surface area contributed by atoms with Crippen LogP contribution in [-0.4, -0.2) is 33.3 Å². The van der Waals surface area contributed by atoms with E-state index < -0.39 is 12.0 Å². The first-order valence-corrected chi connectivity index (χ1v) is 4.60. The number of carboxylic acids is 1. The van der Waals surface area contributed by atoms with Crippen LogP contribution in [0.5, 0.6) is 0 Å². The predicted octanol–water partition coefficient (Wildman–Crippen LogP) is 0.0350. The number of hydrogen-bond donors (Lipinski definition) is 2. The highest BCUT2D eigenvalue weighted by molar-refractivity contribution is 5.80. The summed E-state index contributed by atoms with van der Waals surface area (Å²) in [4.78, 5) is 21.7. The number of aromatic nitrogens is 2. The molecular weight excluding hydrogens is 198 g/mol. The Labute approximate surface area is 86.9 Å². The minimum Gasteiger partial charge on any atom is -0.481 e. The molecule has 0 radical (unpaired) electrons. The minimum absolute atomic E-state index is 0.0719. The normalized spacial score (nSPS) is 12.1. The van der Waals surface area contributed by atoms with E-state index in [2.05, 4.69) is 10.4 Å². The SMILES string of the molecule is CC(C(=O)NCCC(=O)O)n1cccn1. The van der Waals surface area contributed by atoms with Crippen LogP contribution in [0.2, 0.25) is 0 Å². The van der Waals surface area contributed by atoms with Crippen molar-refractivity contribution in [1.82, 2.24) is 15.1 Å². The fourth-order valence-corrected chi connectivity index (χ4v) is 1.07. The number of rotatable bonds is 5. The van der Waals surface area contributed by atoms with E-state index in [9.17, 15) is 9.59 Å². The summed E-state index contributed by atoms with van der Waals surface area (Å²) in [6, 6.07) is 1.30. The van der Waals surface area contributed by atoms with Gasteiger partial charge in [0.25, 0.3) is 0 Å². The molecule has 0 fully saturated rings. The van der Waals surface area contributed by atoms with E-state index in [1.54, 1.807) is 25.4 Å². The number of amides is 1. The van der Waals surface area contributed by atoms with Gasteiger partial charge in [-0.1, -0.05) is 0 Å². The van der Waals surface area contributed by atoms with Gasteiger partial charge in [-0.25, -0.2) is 0 Å². The molecule has 0 saturated carbocycles. The maximum absolute atomic E-state index is 11.5. The summed E-state index contributed by atoms with van der Waals surface area (Å²) in [7, 11) is 0. The van der Waals surface area contributed by atoms with Crippen LogP contribution >= 0.6 is 0 Å². The van der Waals surface area contributed by atoms with Crippen molar-refractivity contribution in [2.45, 2.75) is 19.4 Å². The molecule has 1 heterocycles. The lowest BCUT2D eigenvalue weighted by Crippen LogP contribution is -2.32. The van der Waals surface area contributed by atoms with Crippen molar-refractivity contribution in [3.63, 3.8) is 0 Å². The molecule has 1 amide bonds. The van der Waals surface area contributed by atoms with Gasteiger partial charge in [-0.05, 0) is 13.0 Å². The van der Waals surface area contributed by atoms with E-state index in [0.29, 0.717) is 0 Å². The summed E-state index contributed by atoms with van der Waals surface area (Å²) < 4.78 is 1.51. The third-order valence-electron chi connectivity index (χ3n) is 1.94. The molecule has 0 aliphatic heterocycles. The molecule has 15 heavy (non-hydrogen) atoms. The zero-order valence-electron chi connectivity index (χ0n) is 8.38. The zero-order valence-corrected chi connectivity index (χ0v) is 8.38. The smallest absolute Gasteiger partial charge is 0.305 e. The number of hydrogen-bond acceptors (Lipinski definition) is 3. The van der Waals surface area contributed by atoms with E-state index in [0.717, 1.165) is 0 Å². The zero-order chi connectivity index (χ0) is 11.3. The highest BCUT2D eigenvalue weighted by atomic mass is 16.4. The number of aliphatic carboxylic acids is 1. The Kier molecular flexibility index (Phi) is 3.84. The van der Waals surface area contributed by atoms with Crippen LogP contribution < -0.4 is 5.32 Å². The molecule has 1 aromatic rings. The van der Waals surface area contributed by atoms with E-state index in [4.69, 9.17) is 5.11 Å². The van der Waals surface area contributed by atoms with Gasteiger partial charge in [0, 0.05) is 18.9 Å². The second kappa shape index (κ2) is 5.14. The lowest BCUT2D eigenvalue weighted by atomic mass is 10.3. The Bertz CT molecular complexity index is 334. The lowest BCUT2D eigenvalue weighted by Gasteiger charge is -2.11. The summed E-state index contributed by atoms with van der Waals surface area (Å²) in [6.07, 6.45) is 3.19. The van der Waals surface area contributed by atoms with Gasteiger partial charge in [0.2, 0.25) is 5.91 Å². The second-order valence-corrected chi connectivity index (χ2v) is 3.10. The average molecular weight is 211 g/mol. The first-order valence-electron chi connectivity index (χ1n) is 4.60. The molecule has 82 valence electrons. The Balaban J connectivity index is 2.37. The van der Waals surface area contributed by atoms with Gasteiger partial charge in [0.1, 0.15) is 6.04 Å². The first kappa shape index (κ1) is 11.2. The Morgan fingerprint density at radius 3 is 2.87 bits per heavy atom. The van der Waals surface area contributed by atoms with Crippen molar-refractivity contribution < 1.29 is 14.7 Å². The summed E-state index contributed by atoms with van der Waals surface area (Å²) >= 11 is 0. The summed E-state index contributed by atoms with van der Waals surface area (Å²) in [6.45, 7) is 1.84. The highest BCUT2D eigenvalue weighted by Crippen LogP contribution is 2.02. The van der Waals surface area contributed by atoms with E-state index in [1.807, 2.05) is 0 Å². The summed E-state index contributed by atoms with van der Waals surface area (Å²) in [5, 5.41) is 14.8. The molecule has 0 bridgehead atoms. The van der Waals surface area contributed by atoms with E-state index in [-0.39, 0.29) is 18.9 Å². The van der Waals surface area contributed by atoms with Crippen LogP contribution in [0.15, 0.2) is 18.5 Å². The topological polar surface area (TPSA) is 84.2 Å². The van der Waals surface area contributed by atoms with Gasteiger partial charge in [-0.3, -0.25) is 14.3 Å². The molecule has 0 spiro atoms. The molecule has 1 rings (SSSR count). The molecule has 0 aliphatic rings. The Morgan fingerprint density at radius 2 is 2.33 bits per heavy atom. The van der Waals surface area contributed by atoms with Crippen LogP contribution in [0.3, 0.4) is 0 Å². The minimum atomic E-state index is -0.929.